The number of aliphatic hydroxyl groups is 1. The van der Waals surface area contributed by atoms with Crippen LogP contribution < -0.4 is 5.32 Å². The van der Waals surface area contributed by atoms with Gasteiger partial charge in [0.15, 0.2) is 0 Å². The number of urea groups is 1. The first-order chi connectivity index (χ1) is 9.43. The highest BCUT2D eigenvalue weighted by Gasteiger charge is 2.26. The number of nitrogens with one attached hydrogen (secondary N) is 1. The van der Waals surface area contributed by atoms with Gasteiger partial charge in [-0.15, -0.1) is 0 Å². The first kappa shape index (κ1) is 17.2. The molecule has 0 radical (unpaired) electrons. The molecule has 1 rings (SSSR count). The minimum absolute atomic E-state index is 0.0312. The second kappa shape index (κ2) is 8.47. The molecule has 2 amide bonds. The average Bonchev–Trinajstić information content (AvgIpc) is 2.44. The number of carbonyl (C=O) groups is 1. The zero-order valence-corrected chi connectivity index (χ0v) is 13.4. The number of rotatable bonds is 6. The van der Waals surface area contributed by atoms with Crippen LogP contribution in [0.15, 0.2) is 0 Å². The van der Waals surface area contributed by atoms with Crippen molar-refractivity contribution in [3.05, 3.63) is 0 Å². The van der Waals surface area contributed by atoms with Crippen molar-refractivity contribution >= 4 is 6.03 Å². The van der Waals surface area contributed by atoms with E-state index >= 15 is 0 Å². The first-order valence-electron chi connectivity index (χ1n) is 7.73. The molecule has 0 aliphatic heterocycles. The van der Waals surface area contributed by atoms with Crippen molar-refractivity contribution in [1.82, 2.24) is 15.1 Å². The van der Waals surface area contributed by atoms with E-state index in [9.17, 15) is 4.79 Å². The summed E-state index contributed by atoms with van der Waals surface area (Å²) in [5.41, 5.74) is 0. The lowest BCUT2D eigenvalue weighted by molar-refractivity contribution is 0.132. The van der Waals surface area contributed by atoms with E-state index in [0.29, 0.717) is 12.0 Å². The van der Waals surface area contributed by atoms with Crippen LogP contribution in [0.2, 0.25) is 0 Å². The van der Waals surface area contributed by atoms with Gasteiger partial charge in [-0.3, -0.25) is 0 Å². The molecule has 0 aromatic heterocycles. The van der Waals surface area contributed by atoms with Crippen LogP contribution in [0.5, 0.6) is 0 Å². The molecule has 0 aromatic rings. The summed E-state index contributed by atoms with van der Waals surface area (Å²) in [6.45, 7) is 3.31. The fraction of sp³-hybridized carbons (Fsp3) is 0.933. The molecular formula is C15H31N3O2. The maximum Gasteiger partial charge on any atom is 0.317 e. The van der Waals surface area contributed by atoms with Crippen LogP contribution in [-0.2, 0) is 0 Å². The third-order valence-electron chi connectivity index (χ3n) is 4.32. The number of hydrogen-bond donors (Lipinski definition) is 2. The highest BCUT2D eigenvalue weighted by atomic mass is 16.3. The quantitative estimate of drug-likeness (QED) is 0.778. The minimum atomic E-state index is 0.0312. The summed E-state index contributed by atoms with van der Waals surface area (Å²) < 4.78 is 0. The van der Waals surface area contributed by atoms with Crippen LogP contribution in [0.25, 0.3) is 0 Å². The zero-order chi connectivity index (χ0) is 15.1. The van der Waals surface area contributed by atoms with Crippen molar-refractivity contribution in [2.75, 3.05) is 34.3 Å². The molecule has 0 heterocycles. The van der Waals surface area contributed by atoms with E-state index in [4.69, 9.17) is 5.11 Å². The Balaban J connectivity index is 2.32. The Labute approximate surface area is 123 Å². The van der Waals surface area contributed by atoms with Gasteiger partial charge in [0, 0.05) is 25.7 Å². The molecule has 1 aliphatic carbocycles. The van der Waals surface area contributed by atoms with Crippen LogP contribution in [-0.4, -0.2) is 67.3 Å². The molecule has 1 saturated carbocycles. The molecule has 1 aliphatic rings. The number of hydrogen-bond acceptors (Lipinski definition) is 3. The Bertz CT molecular complexity index is 289. The smallest absolute Gasteiger partial charge is 0.317 e. The van der Waals surface area contributed by atoms with Crippen molar-refractivity contribution < 1.29 is 9.90 Å². The number of amides is 2. The minimum Gasteiger partial charge on any atom is -0.396 e. The predicted molar refractivity (Wildman–Crippen MR) is 81.8 cm³/mol. The normalized spacial score (nSPS) is 24.5. The monoisotopic (exact) mass is 285 g/mol. The van der Waals surface area contributed by atoms with Gasteiger partial charge in [-0.05, 0) is 65.6 Å². The Hall–Kier alpha value is -0.810. The molecule has 1 atom stereocenters. The van der Waals surface area contributed by atoms with Gasteiger partial charge in [-0.1, -0.05) is 0 Å². The Morgan fingerprint density at radius 2 is 1.85 bits per heavy atom. The van der Waals surface area contributed by atoms with Crippen LogP contribution in [0.3, 0.4) is 0 Å². The molecule has 1 fully saturated rings. The Morgan fingerprint density at radius 1 is 1.25 bits per heavy atom. The van der Waals surface area contributed by atoms with Gasteiger partial charge in [0.05, 0.1) is 0 Å². The van der Waals surface area contributed by atoms with E-state index in [0.717, 1.165) is 38.6 Å². The van der Waals surface area contributed by atoms with E-state index in [-0.39, 0.29) is 18.7 Å². The third kappa shape index (κ3) is 5.67. The zero-order valence-electron chi connectivity index (χ0n) is 13.4. The molecule has 0 spiro atoms. The third-order valence-corrected chi connectivity index (χ3v) is 4.32. The molecular weight excluding hydrogens is 254 g/mol. The lowest BCUT2D eigenvalue weighted by Crippen LogP contribution is -2.48. The fourth-order valence-corrected chi connectivity index (χ4v) is 2.72. The van der Waals surface area contributed by atoms with Crippen molar-refractivity contribution in [2.24, 2.45) is 5.92 Å². The lowest BCUT2D eigenvalue weighted by atomic mass is 9.86. The van der Waals surface area contributed by atoms with Crippen molar-refractivity contribution in [3.8, 4) is 0 Å². The summed E-state index contributed by atoms with van der Waals surface area (Å²) in [6, 6.07) is 0.545. The molecule has 118 valence electrons. The molecule has 5 heteroatoms. The highest BCUT2D eigenvalue weighted by molar-refractivity contribution is 5.74. The largest absolute Gasteiger partial charge is 0.396 e. The molecule has 2 N–H and O–H groups in total. The summed E-state index contributed by atoms with van der Waals surface area (Å²) >= 11 is 0. The Kier molecular flexibility index (Phi) is 7.30. The van der Waals surface area contributed by atoms with Gasteiger partial charge in [-0.2, -0.15) is 0 Å². The molecule has 20 heavy (non-hydrogen) atoms. The van der Waals surface area contributed by atoms with Gasteiger partial charge in [0.25, 0.3) is 0 Å². The van der Waals surface area contributed by atoms with Gasteiger partial charge in [-0.25, -0.2) is 4.79 Å². The highest BCUT2D eigenvalue weighted by Crippen LogP contribution is 2.26. The van der Waals surface area contributed by atoms with E-state index in [1.807, 2.05) is 26.0 Å². The molecule has 0 bridgehead atoms. The maximum absolute atomic E-state index is 12.2. The van der Waals surface area contributed by atoms with Crippen LogP contribution >= 0.6 is 0 Å². The number of carbonyl (C=O) groups excluding carboxylic acids is 1. The Morgan fingerprint density at radius 3 is 2.35 bits per heavy atom. The van der Waals surface area contributed by atoms with E-state index < -0.39 is 0 Å². The summed E-state index contributed by atoms with van der Waals surface area (Å²) in [4.78, 5) is 16.2. The van der Waals surface area contributed by atoms with Crippen molar-refractivity contribution in [3.63, 3.8) is 0 Å². The molecule has 5 nitrogen and oxygen atoms in total. The predicted octanol–water partition coefficient (Wildman–Crippen LogP) is 1.52. The summed E-state index contributed by atoms with van der Waals surface area (Å²) in [5.74, 6) is 0.432. The SMILES string of the molecule is CC(CCN(C)C)NC(=O)N(C)C1CCC(CO)CC1. The lowest BCUT2D eigenvalue weighted by Gasteiger charge is -2.34. The maximum atomic E-state index is 12.2. The van der Waals surface area contributed by atoms with Gasteiger partial charge >= 0.3 is 6.03 Å². The van der Waals surface area contributed by atoms with Crippen LogP contribution in [0.1, 0.15) is 39.0 Å². The van der Waals surface area contributed by atoms with Gasteiger partial charge < -0.3 is 20.2 Å². The van der Waals surface area contributed by atoms with E-state index in [1.54, 1.807) is 0 Å². The van der Waals surface area contributed by atoms with Crippen LogP contribution in [0.4, 0.5) is 4.79 Å². The van der Waals surface area contributed by atoms with Crippen molar-refractivity contribution in [2.45, 2.75) is 51.1 Å². The number of aliphatic hydroxyl groups excluding tert-OH is 1. The molecule has 0 aromatic carbocycles. The topological polar surface area (TPSA) is 55.8 Å². The fourth-order valence-electron chi connectivity index (χ4n) is 2.72. The van der Waals surface area contributed by atoms with Crippen molar-refractivity contribution in [1.29, 1.82) is 0 Å². The summed E-state index contributed by atoms with van der Waals surface area (Å²) in [5, 5.41) is 12.2. The molecule has 1 unspecified atom stereocenters. The van der Waals surface area contributed by atoms with Gasteiger partial charge in [0.2, 0.25) is 0 Å². The van der Waals surface area contributed by atoms with E-state index in [2.05, 4.69) is 17.1 Å². The van der Waals surface area contributed by atoms with Gasteiger partial charge in [0.1, 0.15) is 0 Å². The second-order valence-corrected chi connectivity index (χ2v) is 6.41. The summed E-state index contributed by atoms with van der Waals surface area (Å²) in [6.07, 6.45) is 5.01. The van der Waals surface area contributed by atoms with E-state index in [1.165, 1.54) is 0 Å². The first-order valence-corrected chi connectivity index (χ1v) is 7.73. The van der Waals surface area contributed by atoms with Crippen LogP contribution in [0, 0.1) is 5.92 Å². The number of nitrogens with zero attached hydrogens (tertiary/aromatic N) is 2. The molecule has 0 saturated heterocycles. The standard InChI is InChI=1S/C15H31N3O2/c1-12(9-10-17(2)3)16-15(20)18(4)14-7-5-13(11-19)6-8-14/h12-14,19H,5-11H2,1-4H3,(H,16,20). The summed E-state index contributed by atoms with van der Waals surface area (Å²) in [7, 11) is 5.97. The average molecular weight is 285 g/mol. The second-order valence-electron chi connectivity index (χ2n) is 6.41.